The first-order chi connectivity index (χ1) is 22.4. The molecule has 1 amide bonds. The Labute approximate surface area is 275 Å². The van der Waals surface area contributed by atoms with E-state index in [1.807, 2.05) is 19.0 Å². The van der Waals surface area contributed by atoms with Gasteiger partial charge < -0.3 is 14.4 Å². The number of carbonyl (C=O) groups is 2. The minimum absolute atomic E-state index is 0.00541. The SMILES string of the molecule is CCS(=O)(=O)c1ccc(C(OC(=O)C(F)(F)F)C(=O)Nc2nc(-c3cccc(CN(C)C)c3)c(Oc3ccccc3C(F)(F)F)s2)cc1. The van der Waals surface area contributed by atoms with Gasteiger partial charge in [-0.25, -0.2) is 18.2 Å². The minimum atomic E-state index is -5.48. The molecular weight excluding hydrogens is 688 g/mol. The van der Waals surface area contributed by atoms with Gasteiger partial charge in [0, 0.05) is 17.7 Å². The third-order valence-electron chi connectivity index (χ3n) is 6.54. The molecule has 9 nitrogen and oxygen atoms in total. The summed E-state index contributed by atoms with van der Waals surface area (Å²) in [6.45, 7) is 1.87. The number of carbonyl (C=O) groups excluding carboxylic acids is 2. The third-order valence-corrected chi connectivity index (χ3v) is 9.14. The van der Waals surface area contributed by atoms with Crippen LogP contribution in [0.2, 0.25) is 0 Å². The summed E-state index contributed by atoms with van der Waals surface area (Å²) in [5.74, 6) is -4.86. The Morgan fingerprint density at radius 2 is 1.62 bits per heavy atom. The third kappa shape index (κ3) is 8.90. The Bertz CT molecular complexity index is 1890. The van der Waals surface area contributed by atoms with Crippen molar-refractivity contribution in [2.75, 3.05) is 25.2 Å². The number of halogens is 6. The Kier molecular flexibility index (Phi) is 10.9. The highest BCUT2D eigenvalue weighted by Gasteiger charge is 2.44. The van der Waals surface area contributed by atoms with Crippen molar-refractivity contribution in [3.05, 3.63) is 89.5 Å². The van der Waals surface area contributed by atoms with Gasteiger partial charge in [-0.05, 0) is 50.0 Å². The topological polar surface area (TPSA) is 115 Å². The molecule has 1 heterocycles. The number of thiazole rings is 1. The quantitative estimate of drug-likeness (QED) is 0.128. The highest BCUT2D eigenvalue weighted by atomic mass is 32.2. The Morgan fingerprint density at radius 3 is 2.23 bits per heavy atom. The zero-order chi connectivity index (χ0) is 35.4. The molecular formula is C31H27F6N3O6S2. The largest absolute Gasteiger partial charge is 0.490 e. The van der Waals surface area contributed by atoms with Gasteiger partial charge >= 0.3 is 18.3 Å². The van der Waals surface area contributed by atoms with Gasteiger partial charge in [-0.15, -0.1) is 0 Å². The van der Waals surface area contributed by atoms with E-state index in [9.17, 15) is 44.3 Å². The fourth-order valence-electron chi connectivity index (χ4n) is 4.32. The molecule has 3 aromatic carbocycles. The number of hydrogen-bond acceptors (Lipinski definition) is 9. The lowest BCUT2D eigenvalue weighted by Gasteiger charge is -2.18. The normalized spacial score (nSPS) is 12.9. The van der Waals surface area contributed by atoms with Crippen molar-refractivity contribution in [2.24, 2.45) is 0 Å². The van der Waals surface area contributed by atoms with E-state index >= 15 is 0 Å². The number of anilines is 1. The van der Waals surface area contributed by atoms with Gasteiger partial charge in [0.05, 0.1) is 16.2 Å². The van der Waals surface area contributed by atoms with Crippen molar-refractivity contribution in [2.45, 2.75) is 36.8 Å². The maximum absolute atomic E-state index is 13.8. The molecule has 1 unspecified atom stereocenters. The average molecular weight is 716 g/mol. The van der Waals surface area contributed by atoms with Crippen LogP contribution in [0.5, 0.6) is 10.8 Å². The smallest absolute Gasteiger partial charge is 0.444 e. The Hall–Kier alpha value is -4.48. The molecule has 0 aliphatic carbocycles. The van der Waals surface area contributed by atoms with Gasteiger partial charge in [-0.3, -0.25) is 10.1 Å². The monoisotopic (exact) mass is 715 g/mol. The van der Waals surface area contributed by atoms with Crippen LogP contribution in [-0.4, -0.2) is 56.2 Å². The number of nitrogens with zero attached hydrogens (tertiary/aromatic N) is 2. The molecule has 48 heavy (non-hydrogen) atoms. The van der Waals surface area contributed by atoms with Gasteiger partial charge in [-0.2, -0.15) is 26.3 Å². The first-order valence-corrected chi connectivity index (χ1v) is 16.4. The molecule has 0 aliphatic heterocycles. The molecule has 0 radical (unpaired) electrons. The summed E-state index contributed by atoms with van der Waals surface area (Å²) >= 11 is 0.577. The van der Waals surface area contributed by atoms with Gasteiger partial charge in [0.2, 0.25) is 11.2 Å². The summed E-state index contributed by atoms with van der Waals surface area (Å²) in [6.07, 6.45) is -12.5. The van der Waals surface area contributed by atoms with E-state index in [0.29, 0.717) is 23.4 Å². The van der Waals surface area contributed by atoms with E-state index in [-0.39, 0.29) is 32.1 Å². The van der Waals surface area contributed by atoms with Crippen molar-refractivity contribution in [3.63, 3.8) is 0 Å². The predicted octanol–water partition coefficient (Wildman–Crippen LogP) is 7.26. The first kappa shape index (κ1) is 36.4. The Morgan fingerprint density at radius 1 is 0.958 bits per heavy atom. The van der Waals surface area contributed by atoms with Crippen LogP contribution in [0, 0.1) is 0 Å². The number of nitrogens with one attached hydrogen (secondary N) is 1. The number of benzene rings is 3. The van der Waals surface area contributed by atoms with E-state index in [4.69, 9.17) is 4.74 Å². The second-order valence-electron chi connectivity index (χ2n) is 10.4. The molecule has 0 fully saturated rings. The number of para-hydroxylation sites is 1. The van der Waals surface area contributed by atoms with E-state index in [1.165, 1.54) is 19.1 Å². The second-order valence-corrected chi connectivity index (χ2v) is 13.7. The van der Waals surface area contributed by atoms with Crippen LogP contribution in [0.15, 0.2) is 77.7 Å². The zero-order valence-electron chi connectivity index (χ0n) is 25.3. The van der Waals surface area contributed by atoms with E-state index < -0.39 is 51.5 Å². The summed E-state index contributed by atoms with van der Waals surface area (Å²) in [7, 11) is -0.0690. The molecule has 0 bridgehead atoms. The molecule has 17 heteroatoms. The molecule has 1 atom stereocenters. The highest BCUT2D eigenvalue weighted by Crippen LogP contribution is 2.44. The number of esters is 1. The van der Waals surface area contributed by atoms with Crippen LogP contribution in [0.25, 0.3) is 11.3 Å². The molecule has 0 saturated heterocycles. The van der Waals surface area contributed by atoms with Gasteiger partial charge in [0.15, 0.2) is 15.0 Å². The number of sulfone groups is 1. The lowest BCUT2D eigenvalue weighted by molar-refractivity contribution is -0.205. The number of ether oxygens (including phenoxy) is 2. The number of aromatic nitrogens is 1. The fraction of sp³-hybridized carbons (Fsp3) is 0.258. The molecule has 1 N–H and O–H groups in total. The van der Waals surface area contributed by atoms with Gasteiger partial charge in [0.25, 0.3) is 5.91 Å². The van der Waals surface area contributed by atoms with E-state index in [1.54, 1.807) is 24.3 Å². The molecule has 0 spiro atoms. The van der Waals surface area contributed by atoms with E-state index in [0.717, 1.165) is 42.0 Å². The maximum atomic E-state index is 13.8. The molecule has 4 rings (SSSR count). The Balaban J connectivity index is 1.76. The molecule has 0 aliphatic rings. The van der Waals surface area contributed by atoms with Crippen molar-refractivity contribution < 1.29 is 53.8 Å². The van der Waals surface area contributed by atoms with Crippen LogP contribution < -0.4 is 10.1 Å². The average Bonchev–Trinajstić information content (AvgIpc) is 3.40. The predicted molar refractivity (Wildman–Crippen MR) is 164 cm³/mol. The molecule has 4 aromatic rings. The zero-order valence-corrected chi connectivity index (χ0v) is 27.0. The number of amides is 1. The number of hydrogen-bond donors (Lipinski definition) is 1. The molecule has 1 aromatic heterocycles. The van der Waals surface area contributed by atoms with Crippen molar-refractivity contribution in [1.29, 1.82) is 0 Å². The van der Waals surface area contributed by atoms with Gasteiger partial charge in [0.1, 0.15) is 11.4 Å². The van der Waals surface area contributed by atoms with Crippen molar-refractivity contribution in [3.8, 4) is 22.1 Å². The number of alkyl halides is 6. The van der Waals surface area contributed by atoms with Crippen LogP contribution >= 0.6 is 11.3 Å². The molecule has 0 saturated carbocycles. The summed E-state index contributed by atoms with van der Waals surface area (Å²) in [6, 6.07) is 15.3. The van der Waals surface area contributed by atoms with Gasteiger partial charge in [-0.1, -0.05) is 60.7 Å². The lowest BCUT2D eigenvalue weighted by atomic mass is 10.1. The highest BCUT2D eigenvalue weighted by molar-refractivity contribution is 7.91. The summed E-state index contributed by atoms with van der Waals surface area (Å²) in [5.41, 5.74) is -0.206. The summed E-state index contributed by atoms with van der Waals surface area (Å²) in [4.78, 5) is 31.2. The number of rotatable bonds is 11. The minimum Gasteiger partial charge on any atom is -0.444 e. The summed E-state index contributed by atoms with van der Waals surface area (Å²) < 4.78 is 115. The second kappa shape index (κ2) is 14.3. The van der Waals surface area contributed by atoms with E-state index in [2.05, 4.69) is 15.0 Å². The van der Waals surface area contributed by atoms with Crippen molar-refractivity contribution >= 4 is 38.2 Å². The van der Waals surface area contributed by atoms with Crippen LogP contribution in [0.4, 0.5) is 31.5 Å². The van der Waals surface area contributed by atoms with Crippen LogP contribution in [-0.2, 0) is 36.9 Å². The molecule has 256 valence electrons. The van der Waals surface area contributed by atoms with Crippen LogP contribution in [0.3, 0.4) is 0 Å². The fourth-order valence-corrected chi connectivity index (χ4v) is 6.06. The lowest BCUT2D eigenvalue weighted by Crippen LogP contribution is -2.32. The first-order valence-electron chi connectivity index (χ1n) is 13.9. The standard InChI is InChI=1S/C31H27F6N3O6S2/c1-4-48(43,44)21-14-12-19(13-15-21)25(46-28(42)31(35,36)37)26(41)39-29-38-24(20-9-7-8-18(16-20)17-40(2)3)27(47-29)45-23-11-6-5-10-22(23)30(32,33)34/h5-16,25H,4,17H2,1-3H3,(H,38,39,41). The van der Waals surface area contributed by atoms with Crippen molar-refractivity contribution in [1.82, 2.24) is 9.88 Å². The van der Waals surface area contributed by atoms with Crippen LogP contribution in [0.1, 0.15) is 29.7 Å². The maximum Gasteiger partial charge on any atom is 0.490 e. The summed E-state index contributed by atoms with van der Waals surface area (Å²) in [5, 5.41) is 1.75.